The first-order chi connectivity index (χ1) is 9.99. The monoisotopic (exact) mass is 309 g/mol. The third-order valence-corrected chi connectivity index (χ3v) is 4.00. The number of fused-ring (bicyclic) bond motifs is 1. The summed E-state index contributed by atoms with van der Waals surface area (Å²) in [6.07, 6.45) is -4.48. The Balaban J connectivity index is 2.33. The highest BCUT2D eigenvalue weighted by molar-refractivity contribution is 7.13. The van der Waals surface area contributed by atoms with Gasteiger partial charge in [-0.05, 0) is 29.6 Å². The molecule has 0 saturated heterocycles. The summed E-state index contributed by atoms with van der Waals surface area (Å²) in [5.41, 5.74) is -0.0933. The molecule has 0 aliphatic carbocycles. The zero-order valence-corrected chi connectivity index (χ0v) is 11.8. The number of methoxy groups -OCH3 is 1. The molecule has 6 heteroatoms. The lowest BCUT2D eigenvalue weighted by molar-refractivity contribution is -0.140. The lowest BCUT2D eigenvalue weighted by Gasteiger charge is -2.11. The number of benzene rings is 1. The molecule has 0 unspecified atom stereocenters. The zero-order chi connectivity index (χ0) is 15.0. The number of alkyl halides is 3. The van der Waals surface area contributed by atoms with Gasteiger partial charge >= 0.3 is 6.18 Å². The predicted octanol–water partition coefficient (Wildman–Crippen LogP) is 4.99. The minimum Gasteiger partial charge on any atom is -0.497 e. The van der Waals surface area contributed by atoms with Crippen LogP contribution in [0.2, 0.25) is 0 Å². The van der Waals surface area contributed by atoms with Crippen molar-refractivity contribution in [3.8, 4) is 16.2 Å². The Morgan fingerprint density at radius 3 is 2.57 bits per heavy atom. The Morgan fingerprint density at radius 2 is 1.95 bits per heavy atom. The van der Waals surface area contributed by atoms with Crippen molar-refractivity contribution in [3.05, 3.63) is 47.5 Å². The summed E-state index contributed by atoms with van der Waals surface area (Å²) in [7, 11) is 1.47. The molecular formula is C15H10F3NOS. The minimum atomic E-state index is -4.48. The number of pyridine rings is 1. The number of hydrogen-bond donors (Lipinski definition) is 0. The topological polar surface area (TPSA) is 22.1 Å². The van der Waals surface area contributed by atoms with Crippen molar-refractivity contribution in [3.63, 3.8) is 0 Å². The standard InChI is InChI=1S/C15H10F3NOS/c1-20-9-4-5-10-11(13-3-2-6-21-13)8-14(15(16,17)18)19-12(10)7-9/h2-8H,1H3. The Kier molecular flexibility index (Phi) is 3.33. The van der Waals surface area contributed by atoms with E-state index in [-0.39, 0.29) is 5.52 Å². The Hall–Kier alpha value is -2.08. The zero-order valence-electron chi connectivity index (χ0n) is 10.9. The van der Waals surface area contributed by atoms with Crippen LogP contribution in [-0.2, 0) is 6.18 Å². The molecule has 3 rings (SSSR count). The summed E-state index contributed by atoms with van der Waals surface area (Å²) in [4.78, 5) is 4.50. The van der Waals surface area contributed by atoms with E-state index in [0.717, 1.165) is 10.9 Å². The van der Waals surface area contributed by atoms with E-state index in [1.165, 1.54) is 24.5 Å². The minimum absolute atomic E-state index is 0.271. The fourth-order valence-electron chi connectivity index (χ4n) is 2.12. The quantitative estimate of drug-likeness (QED) is 0.665. The largest absolute Gasteiger partial charge is 0.497 e. The van der Waals surface area contributed by atoms with Gasteiger partial charge in [0.25, 0.3) is 0 Å². The lowest BCUT2D eigenvalue weighted by atomic mass is 10.1. The molecule has 0 saturated carbocycles. The van der Waals surface area contributed by atoms with Gasteiger partial charge in [-0.15, -0.1) is 11.3 Å². The summed E-state index contributed by atoms with van der Waals surface area (Å²) < 4.78 is 44.1. The van der Waals surface area contributed by atoms with Crippen LogP contribution in [-0.4, -0.2) is 12.1 Å². The molecule has 0 aliphatic rings. The maximum Gasteiger partial charge on any atom is 0.433 e. The summed E-state index contributed by atoms with van der Waals surface area (Å²) in [6, 6.07) is 9.67. The number of thiophene rings is 1. The molecule has 2 heterocycles. The van der Waals surface area contributed by atoms with Gasteiger partial charge in [-0.25, -0.2) is 4.98 Å². The highest BCUT2D eigenvalue weighted by Gasteiger charge is 2.33. The van der Waals surface area contributed by atoms with Gasteiger partial charge in [0.15, 0.2) is 0 Å². The van der Waals surface area contributed by atoms with Crippen molar-refractivity contribution in [1.82, 2.24) is 4.98 Å². The maximum atomic E-state index is 13.0. The Morgan fingerprint density at radius 1 is 1.14 bits per heavy atom. The fourth-order valence-corrected chi connectivity index (χ4v) is 2.87. The average molecular weight is 309 g/mol. The molecule has 0 spiro atoms. The first kappa shape index (κ1) is 13.9. The molecule has 0 aliphatic heterocycles. The Labute approximate surface area is 122 Å². The number of nitrogens with zero attached hydrogens (tertiary/aromatic N) is 1. The van der Waals surface area contributed by atoms with Crippen LogP contribution in [0, 0.1) is 0 Å². The van der Waals surface area contributed by atoms with Crippen LogP contribution in [0.15, 0.2) is 41.8 Å². The number of hydrogen-bond acceptors (Lipinski definition) is 3. The number of aromatic nitrogens is 1. The summed E-state index contributed by atoms with van der Waals surface area (Å²) in [5, 5.41) is 2.50. The van der Waals surface area contributed by atoms with Crippen molar-refractivity contribution in [2.24, 2.45) is 0 Å². The van der Waals surface area contributed by atoms with Crippen molar-refractivity contribution >= 4 is 22.2 Å². The van der Waals surface area contributed by atoms with Gasteiger partial charge in [0.2, 0.25) is 0 Å². The van der Waals surface area contributed by atoms with Gasteiger partial charge in [0.05, 0.1) is 12.6 Å². The van der Waals surface area contributed by atoms with Gasteiger partial charge in [-0.1, -0.05) is 6.07 Å². The van der Waals surface area contributed by atoms with Crippen LogP contribution in [0.5, 0.6) is 5.75 Å². The van der Waals surface area contributed by atoms with Crippen molar-refractivity contribution in [1.29, 1.82) is 0 Å². The van der Waals surface area contributed by atoms with E-state index in [2.05, 4.69) is 4.98 Å². The summed E-state index contributed by atoms with van der Waals surface area (Å²) in [6.45, 7) is 0. The molecule has 0 amide bonds. The van der Waals surface area contributed by atoms with Crippen LogP contribution in [0.1, 0.15) is 5.69 Å². The van der Waals surface area contributed by atoms with Gasteiger partial charge in [0.1, 0.15) is 11.4 Å². The maximum absolute atomic E-state index is 13.0. The Bertz CT molecular complexity index is 781. The number of rotatable bonds is 2. The second-order valence-corrected chi connectivity index (χ2v) is 5.36. The van der Waals surface area contributed by atoms with E-state index < -0.39 is 11.9 Å². The van der Waals surface area contributed by atoms with Gasteiger partial charge < -0.3 is 4.74 Å². The second kappa shape index (κ2) is 5.04. The summed E-state index contributed by atoms with van der Waals surface area (Å²) in [5.74, 6) is 0.478. The third kappa shape index (κ3) is 2.58. The third-order valence-electron chi connectivity index (χ3n) is 3.09. The van der Waals surface area contributed by atoms with Gasteiger partial charge in [-0.3, -0.25) is 0 Å². The molecule has 0 N–H and O–H groups in total. The van der Waals surface area contributed by atoms with Crippen LogP contribution in [0.3, 0.4) is 0 Å². The van der Waals surface area contributed by atoms with E-state index in [9.17, 15) is 13.2 Å². The van der Waals surface area contributed by atoms with Crippen molar-refractivity contribution in [2.75, 3.05) is 7.11 Å². The molecule has 0 bridgehead atoms. The molecule has 0 radical (unpaired) electrons. The van der Waals surface area contributed by atoms with Crippen LogP contribution in [0.4, 0.5) is 13.2 Å². The molecule has 0 fully saturated rings. The van der Waals surface area contributed by atoms with Gasteiger partial charge in [0, 0.05) is 21.9 Å². The van der Waals surface area contributed by atoms with E-state index >= 15 is 0 Å². The smallest absolute Gasteiger partial charge is 0.433 e. The lowest BCUT2D eigenvalue weighted by Crippen LogP contribution is -2.08. The molecule has 2 aromatic heterocycles. The average Bonchev–Trinajstić information content (AvgIpc) is 2.98. The van der Waals surface area contributed by atoms with E-state index in [4.69, 9.17) is 4.74 Å². The first-order valence-electron chi connectivity index (χ1n) is 6.09. The SMILES string of the molecule is COc1ccc2c(-c3cccs3)cc(C(F)(F)F)nc2c1. The highest BCUT2D eigenvalue weighted by Crippen LogP contribution is 2.37. The fraction of sp³-hybridized carbons (Fsp3) is 0.133. The summed E-state index contributed by atoms with van der Waals surface area (Å²) >= 11 is 1.39. The van der Waals surface area contributed by atoms with Gasteiger partial charge in [-0.2, -0.15) is 13.2 Å². The van der Waals surface area contributed by atoms with Crippen LogP contribution in [0.25, 0.3) is 21.3 Å². The molecule has 2 nitrogen and oxygen atoms in total. The van der Waals surface area contributed by atoms with E-state index in [1.807, 2.05) is 11.4 Å². The first-order valence-corrected chi connectivity index (χ1v) is 6.97. The second-order valence-electron chi connectivity index (χ2n) is 4.41. The van der Waals surface area contributed by atoms with Crippen LogP contribution < -0.4 is 4.74 Å². The number of halogens is 3. The van der Waals surface area contributed by atoms with Crippen molar-refractivity contribution in [2.45, 2.75) is 6.18 Å². The van der Waals surface area contributed by atoms with E-state index in [0.29, 0.717) is 16.7 Å². The van der Waals surface area contributed by atoms with Crippen LogP contribution >= 0.6 is 11.3 Å². The molecule has 1 aromatic carbocycles. The normalized spacial score (nSPS) is 11.8. The molecular weight excluding hydrogens is 299 g/mol. The molecule has 108 valence electrons. The van der Waals surface area contributed by atoms with Crippen molar-refractivity contribution < 1.29 is 17.9 Å². The predicted molar refractivity (Wildman–Crippen MR) is 76.6 cm³/mol. The number of ether oxygens (including phenoxy) is 1. The molecule has 3 aromatic rings. The molecule has 21 heavy (non-hydrogen) atoms. The van der Waals surface area contributed by atoms with E-state index in [1.54, 1.807) is 18.2 Å². The molecule has 0 atom stereocenters. The highest BCUT2D eigenvalue weighted by atomic mass is 32.1.